The number of rotatable bonds is 3. The van der Waals surface area contributed by atoms with Gasteiger partial charge < -0.3 is 15.3 Å². The van der Waals surface area contributed by atoms with Gasteiger partial charge in [-0.2, -0.15) is 5.10 Å². The Balaban J connectivity index is 1.55. The van der Waals surface area contributed by atoms with Gasteiger partial charge in [0.2, 0.25) is 0 Å². The summed E-state index contributed by atoms with van der Waals surface area (Å²) in [6.45, 7) is 0.776. The number of halogens is 1. The van der Waals surface area contributed by atoms with Crippen molar-refractivity contribution in [3.63, 3.8) is 0 Å². The molecule has 0 aliphatic carbocycles. The summed E-state index contributed by atoms with van der Waals surface area (Å²) in [6.07, 6.45) is 0.172. The summed E-state index contributed by atoms with van der Waals surface area (Å²) in [4.78, 5) is 25.0. The van der Waals surface area contributed by atoms with Crippen LogP contribution in [-0.4, -0.2) is 51.3 Å². The fourth-order valence-electron chi connectivity index (χ4n) is 3.52. The summed E-state index contributed by atoms with van der Waals surface area (Å²) in [7, 11) is 0. The van der Waals surface area contributed by atoms with Crippen LogP contribution in [0.15, 0.2) is 42.5 Å². The summed E-state index contributed by atoms with van der Waals surface area (Å²) >= 11 is 0. The number of carbonyl (C=O) groups excluding carboxylic acids is 1. The number of nitrogens with one attached hydrogen (secondary N) is 2. The average Bonchev–Trinajstić information content (AvgIpc) is 3.12. The standard InChI is InChI=1S/C20H19FN4O3/c21-16-4-2-1-3-14(16)12-5-6-17-15(11-12)18(24-23-17)19(26)22-13-7-9-25(10-8-13)20(27)28/h1-6,11,13H,7-10H2,(H,22,26)(H,23,24)(H,27,28). The molecule has 28 heavy (non-hydrogen) atoms. The van der Waals surface area contributed by atoms with Crippen LogP contribution in [-0.2, 0) is 0 Å². The van der Waals surface area contributed by atoms with Gasteiger partial charge in [-0.15, -0.1) is 0 Å². The van der Waals surface area contributed by atoms with Gasteiger partial charge in [0.05, 0.1) is 5.52 Å². The third-order valence-electron chi connectivity index (χ3n) is 5.06. The molecule has 1 aliphatic rings. The molecule has 1 saturated heterocycles. The van der Waals surface area contributed by atoms with Crippen molar-refractivity contribution in [2.24, 2.45) is 0 Å². The Labute approximate surface area is 160 Å². The highest BCUT2D eigenvalue weighted by Gasteiger charge is 2.25. The van der Waals surface area contributed by atoms with E-state index >= 15 is 0 Å². The van der Waals surface area contributed by atoms with E-state index in [0.717, 1.165) is 0 Å². The number of hydrogen-bond acceptors (Lipinski definition) is 3. The van der Waals surface area contributed by atoms with Crippen LogP contribution in [0.5, 0.6) is 0 Å². The maximum absolute atomic E-state index is 14.1. The predicted octanol–water partition coefficient (Wildman–Crippen LogP) is 3.24. The van der Waals surface area contributed by atoms with Gasteiger partial charge in [-0.05, 0) is 36.6 Å². The Morgan fingerprint density at radius 3 is 2.64 bits per heavy atom. The lowest BCUT2D eigenvalue weighted by Gasteiger charge is -2.30. The Morgan fingerprint density at radius 1 is 1.18 bits per heavy atom. The van der Waals surface area contributed by atoms with E-state index in [1.165, 1.54) is 11.0 Å². The molecule has 7 nitrogen and oxygen atoms in total. The minimum Gasteiger partial charge on any atom is -0.465 e. The van der Waals surface area contributed by atoms with Crippen molar-refractivity contribution in [1.82, 2.24) is 20.4 Å². The first-order valence-corrected chi connectivity index (χ1v) is 9.04. The quantitative estimate of drug-likeness (QED) is 0.648. The van der Waals surface area contributed by atoms with E-state index < -0.39 is 6.09 Å². The van der Waals surface area contributed by atoms with Gasteiger partial charge in [-0.1, -0.05) is 24.3 Å². The molecular weight excluding hydrogens is 363 g/mol. The topological polar surface area (TPSA) is 98.3 Å². The fraction of sp³-hybridized carbons (Fsp3) is 0.250. The van der Waals surface area contributed by atoms with Crippen molar-refractivity contribution in [3.05, 3.63) is 54.0 Å². The second-order valence-electron chi connectivity index (χ2n) is 6.83. The van der Waals surface area contributed by atoms with Crippen LogP contribution in [0.1, 0.15) is 23.3 Å². The van der Waals surface area contributed by atoms with E-state index in [1.807, 2.05) is 0 Å². The van der Waals surface area contributed by atoms with Crippen molar-refractivity contribution in [1.29, 1.82) is 0 Å². The minimum absolute atomic E-state index is 0.107. The summed E-state index contributed by atoms with van der Waals surface area (Å²) < 4.78 is 14.1. The number of aromatic amines is 1. The zero-order valence-corrected chi connectivity index (χ0v) is 15.0. The van der Waals surface area contributed by atoms with E-state index in [4.69, 9.17) is 5.11 Å². The maximum Gasteiger partial charge on any atom is 0.407 e. The van der Waals surface area contributed by atoms with Crippen molar-refractivity contribution < 1.29 is 19.1 Å². The van der Waals surface area contributed by atoms with E-state index in [2.05, 4.69) is 15.5 Å². The average molecular weight is 382 g/mol. The molecule has 1 fully saturated rings. The van der Waals surface area contributed by atoms with Gasteiger partial charge in [0.1, 0.15) is 5.82 Å². The number of benzene rings is 2. The molecule has 144 valence electrons. The summed E-state index contributed by atoms with van der Waals surface area (Å²) in [5, 5.41) is 19.5. The van der Waals surface area contributed by atoms with Crippen molar-refractivity contribution >= 4 is 22.9 Å². The lowest BCUT2D eigenvalue weighted by molar-refractivity contribution is 0.0904. The van der Waals surface area contributed by atoms with E-state index in [1.54, 1.807) is 36.4 Å². The molecule has 0 atom stereocenters. The van der Waals surface area contributed by atoms with Crippen molar-refractivity contribution in [3.8, 4) is 11.1 Å². The largest absolute Gasteiger partial charge is 0.465 e. The molecule has 8 heteroatoms. The lowest BCUT2D eigenvalue weighted by Crippen LogP contribution is -2.46. The molecule has 0 saturated carbocycles. The number of amides is 2. The molecule has 3 aromatic rings. The number of piperidine rings is 1. The van der Waals surface area contributed by atoms with E-state index in [-0.39, 0.29) is 23.5 Å². The second-order valence-corrected chi connectivity index (χ2v) is 6.83. The highest BCUT2D eigenvalue weighted by Crippen LogP contribution is 2.27. The Hall–Kier alpha value is -3.42. The first kappa shape index (κ1) is 18.0. The number of aromatic nitrogens is 2. The van der Waals surface area contributed by atoms with Gasteiger partial charge in [-0.3, -0.25) is 9.89 Å². The second kappa shape index (κ2) is 7.30. The smallest absolute Gasteiger partial charge is 0.407 e. The highest BCUT2D eigenvalue weighted by atomic mass is 19.1. The number of nitrogens with zero attached hydrogens (tertiary/aromatic N) is 2. The van der Waals surface area contributed by atoms with Gasteiger partial charge in [-0.25, -0.2) is 9.18 Å². The third-order valence-corrected chi connectivity index (χ3v) is 5.06. The maximum atomic E-state index is 14.1. The number of fused-ring (bicyclic) bond motifs is 1. The first-order chi connectivity index (χ1) is 13.5. The van der Waals surface area contributed by atoms with Crippen molar-refractivity contribution in [2.75, 3.05) is 13.1 Å². The van der Waals surface area contributed by atoms with Crippen molar-refractivity contribution in [2.45, 2.75) is 18.9 Å². The zero-order valence-electron chi connectivity index (χ0n) is 15.0. The van der Waals surface area contributed by atoms with Crippen LogP contribution in [0.4, 0.5) is 9.18 Å². The van der Waals surface area contributed by atoms with Gasteiger partial charge >= 0.3 is 6.09 Å². The molecule has 4 rings (SSSR count). The first-order valence-electron chi connectivity index (χ1n) is 9.04. The Morgan fingerprint density at radius 2 is 1.93 bits per heavy atom. The summed E-state index contributed by atoms with van der Waals surface area (Å²) in [6, 6.07) is 11.7. The zero-order chi connectivity index (χ0) is 19.7. The molecule has 2 aromatic carbocycles. The molecule has 1 aromatic heterocycles. The molecule has 0 bridgehead atoms. The molecule has 1 aliphatic heterocycles. The monoisotopic (exact) mass is 382 g/mol. The third kappa shape index (κ3) is 3.40. The SMILES string of the molecule is O=C(NC1CCN(C(=O)O)CC1)c1n[nH]c2ccc(-c3ccccc3F)cc12. The lowest BCUT2D eigenvalue weighted by atomic mass is 10.0. The molecular formula is C20H19FN4O3. The van der Waals surface area contributed by atoms with Crippen LogP contribution in [0.25, 0.3) is 22.0 Å². The van der Waals surface area contributed by atoms with Gasteiger partial charge in [0, 0.05) is 30.1 Å². The molecule has 3 N–H and O–H groups in total. The van der Waals surface area contributed by atoms with Gasteiger partial charge in [0.25, 0.3) is 5.91 Å². The van der Waals surface area contributed by atoms with E-state index in [9.17, 15) is 14.0 Å². The van der Waals surface area contributed by atoms with Crippen LogP contribution >= 0.6 is 0 Å². The van der Waals surface area contributed by atoms with Crippen LogP contribution in [0, 0.1) is 5.82 Å². The molecule has 2 heterocycles. The van der Waals surface area contributed by atoms with Crippen LogP contribution in [0.3, 0.4) is 0 Å². The number of hydrogen-bond donors (Lipinski definition) is 3. The molecule has 2 amide bonds. The summed E-state index contributed by atoms with van der Waals surface area (Å²) in [5.41, 5.74) is 2.05. The van der Waals surface area contributed by atoms with Crippen LogP contribution in [0.2, 0.25) is 0 Å². The Kier molecular flexibility index (Phi) is 4.68. The van der Waals surface area contributed by atoms with Crippen LogP contribution < -0.4 is 5.32 Å². The normalized spacial score (nSPS) is 15.0. The molecule has 0 unspecified atom stereocenters. The van der Waals surface area contributed by atoms with E-state index in [0.29, 0.717) is 48.0 Å². The number of likely N-dealkylation sites (tertiary alicyclic amines) is 1. The number of carboxylic acid groups (broad SMARTS) is 1. The predicted molar refractivity (Wildman–Crippen MR) is 102 cm³/mol. The highest BCUT2D eigenvalue weighted by molar-refractivity contribution is 6.05. The molecule has 0 radical (unpaired) electrons. The number of carbonyl (C=O) groups is 2. The fourth-order valence-corrected chi connectivity index (χ4v) is 3.52. The summed E-state index contributed by atoms with van der Waals surface area (Å²) in [5.74, 6) is -0.660. The van der Waals surface area contributed by atoms with Gasteiger partial charge in [0.15, 0.2) is 5.69 Å². The minimum atomic E-state index is -0.941. The molecule has 0 spiro atoms. The Bertz CT molecular complexity index is 1040. The number of H-pyrrole nitrogens is 1.